The van der Waals surface area contributed by atoms with E-state index in [9.17, 15) is 18.0 Å². The number of benzene rings is 2. The van der Waals surface area contributed by atoms with Gasteiger partial charge in [-0.3, -0.25) is 13.8 Å². The number of nitrogens with zero attached hydrogens (tertiary/aromatic N) is 4. The average Bonchev–Trinajstić information content (AvgIpc) is 3.27. The fourth-order valence-corrected chi connectivity index (χ4v) is 5.06. The maximum absolute atomic E-state index is 13.4. The van der Waals surface area contributed by atoms with Crippen LogP contribution in [0.15, 0.2) is 90.2 Å². The van der Waals surface area contributed by atoms with E-state index in [4.69, 9.17) is 15.8 Å². The first-order valence-electron chi connectivity index (χ1n) is 12.1. The third-order valence-electron chi connectivity index (χ3n) is 6.34. The van der Waals surface area contributed by atoms with Gasteiger partial charge >= 0.3 is 0 Å². The molecule has 0 unspecified atom stereocenters. The molecule has 1 N–H and O–H groups in total. The minimum Gasteiger partial charge on any atom is -0.335 e. The molecule has 0 aliphatic rings. The van der Waals surface area contributed by atoms with Crippen molar-refractivity contribution in [1.29, 1.82) is 0 Å². The summed E-state index contributed by atoms with van der Waals surface area (Å²) in [5.74, 6) is -0.607. The first kappa shape index (κ1) is 27.3. The van der Waals surface area contributed by atoms with Crippen molar-refractivity contribution in [2.75, 3.05) is 18.2 Å². The van der Waals surface area contributed by atoms with Crippen LogP contribution in [0.2, 0.25) is 5.15 Å². The molecule has 0 saturated carbocycles. The lowest BCUT2D eigenvalue weighted by atomic mass is 10.1. The molecule has 10 nitrogen and oxygen atoms in total. The summed E-state index contributed by atoms with van der Waals surface area (Å²) in [5.41, 5.74) is 2.82. The number of carbonyl (C=O) groups is 1. The quantitative estimate of drug-likeness (QED) is 0.216. The lowest BCUT2D eigenvalue weighted by Gasteiger charge is -2.20. The summed E-state index contributed by atoms with van der Waals surface area (Å²) >= 11 is 6.33. The maximum Gasteiger partial charge on any atom is 0.264 e. The van der Waals surface area contributed by atoms with Gasteiger partial charge in [-0.1, -0.05) is 54.1 Å². The van der Waals surface area contributed by atoms with Crippen molar-refractivity contribution >= 4 is 44.3 Å². The van der Waals surface area contributed by atoms with Gasteiger partial charge < -0.3 is 14.5 Å². The van der Waals surface area contributed by atoms with Crippen molar-refractivity contribution in [3.8, 4) is 11.1 Å². The van der Waals surface area contributed by atoms with Crippen LogP contribution in [0.3, 0.4) is 0 Å². The molecule has 12 heteroatoms. The number of anilines is 1. The van der Waals surface area contributed by atoms with E-state index in [-0.39, 0.29) is 12.2 Å². The summed E-state index contributed by atoms with van der Waals surface area (Å²) in [6, 6.07) is 18.2. The molecule has 0 fully saturated rings. The Morgan fingerprint density at radius 1 is 1.05 bits per heavy atom. The zero-order chi connectivity index (χ0) is 28.4. The average molecular weight is 578 g/mol. The molecule has 0 aliphatic heterocycles. The minimum absolute atomic E-state index is 0.107. The van der Waals surface area contributed by atoms with Gasteiger partial charge in [0.15, 0.2) is 0 Å². The molecular weight excluding hydrogens is 554 g/mol. The number of pyridine rings is 1. The standard InChI is InChI=1S/C28H24ClN5O5S/c1-33-15-22(24-25(29)30-17-31-26(24)33)18-10-12-20(13-11-18)32-27(35)21-9-6-14-34(28(21)36)23(16-39-40(2,37)38)19-7-4-3-5-8-19/h3-15,17,23H,16H2,1-2H3,(H,32,35)/t23-/m0/s1. The van der Waals surface area contributed by atoms with Gasteiger partial charge in [-0.05, 0) is 35.4 Å². The largest absolute Gasteiger partial charge is 0.335 e. The van der Waals surface area contributed by atoms with Crippen molar-refractivity contribution < 1.29 is 17.4 Å². The van der Waals surface area contributed by atoms with E-state index in [1.165, 1.54) is 23.2 Å². The zero-order valence-electron chi connectivity index (χ0n) is 21.5. The van der Waals surface area contributed by atoms with E-state index < -0.39 is 27.6 Å². The number of hydrogen-bond acceptors (Lipinski definition) is 7. The predicted octanol–water partition coefficient (Wildman–Crippen LogP) is 4.27. The molecule has 5 rings (SSSR count). The maximum atomic E-state index is 13.4. The fraction of sp³-hybridized carbons (Fsp3) is 0.143. The highest BCUT2D eigenvalue weighted by Crippen LogP contribution is 2.33. The molecule has 0 spiro atoms. The molecule has 2 aromatic carbocycles. The normalized spacial score (nSPS) is 12.4. The number of aromatic nitrogens is 4. The molecule has 0 aliphatic carbocycles. The van der Waals surface area contributed by atoms with E-state index >= 15 is 0 Å². The Labute approximate surface area is 235 Å². The first-order valence-corrected chi connectivity index (χ1v) is 14.3. The summed E-state index contributed by atoms with van der Waals surface area (Å²) in [4.78, 5) is 34.9. The Morgan fingerprint density at radius 2 is 1.77 bits per heavy atom. The highest BCUT2D eigenvalue weighted by atomic mass is 35.5. The van der Waals surface area contributed by atoms with Gasteiger partial charge in [0.1, 0.15) is 22.7 Å². The molecule has 40 heavy (non-hydrogen) atoms. The zero-order valence-corrected chi connectivity index (χ0v) is 23.1. The van der Waals surface area contributed by atoms with Gasteiger partial charge in [0.25, 0.3) is 21.6 Å². The van der Waals surface area contributed by atoms with E-state index in [0.29, 0.717) is 22.1 Å². The molecule has 1 atom stereocenters. The van der Waals surface area contributed by atoms with Gasteiger partial charge in [-0.2, -0.15) is 8.42 Å². The molecule has 5 aromatic rings. The van der Waals surface area contributed by atoms with Crippen molar-refractivity contribution in [2.45, 2.75) is 6.04 Å². The van der Waals surface area contributed by atoms with Gasteiger partial charge in [0.2, 0.25) is 0 Å². The Bertz CT molecular complexity index is 1870. The van der Waals surface area contributed by atoms with Crippen molar-refractivity contribution in [2.24, 2.45) is 7.05 Å². The van der Waals surface area contributed by atoms with Gasteiger partial charge in [0, 0.05) is 30.7 Å². The number of amides is 1. The van der Waals surface area contributed by atoms with Crippen molar-refractivity contribution in [3.63, 3.8) is 0 Å². The Kier molecular flexibility index (Phi) is 7.53. The monoisotopic (exact) mass is 577 g/mol. The molecule has 0 radical (unpaired) electrons. The van der Waals surface area contributed by atoms with Crippen molar-refractivity contribution in [3.05, 3.63) is 112 Å². The van der Waals surface area contributed by atoms with Crippen LogP contribution < -0.4 is 10.9 Å². The first-order chi connectivity index (χ1) is 19.1. The van der Waals surface area contributed by atoms with Crippen LogP contribution in [-0.2, 0) is 21.3 Å². The van der Waals surface area contributed by atoms with Crippen LogP contribution in [0.1, 0.15) is 22.0 Å². The van der Waals surface area contributed by atoms with Crippen molar-refractivity contribution in [1.82, 2.24) is 19.1 Å². The lowest BCUT2D eigenvalue weighted by Crippen LogP contribution is -2.33. The molecule has 204 valence electrons. The number of aryl methyl sites for hydroxylation is 1. The van der Waals surface area contributed by atoms with Crippen LogP contribution in [-0.4, -0.2) is 46.3 Å². The summed E-state index contributed by atoms with van der Waals surface area (Å²) in [5, 5.41) is 3.82. The van der Waals surface area contributed by atoms with E-state index in [2.05, 4.69) is 15.3 Å². The Morgan fingerprint density at radius 3 is 2.48 bits per heavy atom. The molecule has 3 aromatic heterocycles. The number of hydrogen-bond donors (Lipinski definition) is 1. The van der Waals surface area contributed by atoms with E-state index in [0.717, 1.165) is 22.8 Å². The summed E-state index contributed by atoms with van der Waals surface area (Å²) in [6.45, 7) is -0.307. The topological polar surface area (TPSA) is 125 Å². The Hall–Kier alpha value is -4.32. The number of halogens is 1. The second-order valence-corrected chi connectivity index (χ2v) is 11.1. The predicted molar refractivity (Wildman–Crippen MR) is 153 cm³/mol. The van der Waals surface area contributed by atoms with Crippen LogP contribution in [0.25, 0.3) is 22.2 Å². The second-order valence-electron chi connectivity index (χ2n) is 9.10. The van der Waals surface area contributed by atoms with E-state index in [1.54, 1.807) is 48.5 Å². The third kappa shape index (κ3) is 5.67. The van der Waals surface area contributed by atoms with Gasteiger partial charge in [-0.25, -0.2) is 9.97 Å². The lowest BCUT2D eigenvalue weighted by molar-refractivity contribution is 0.102. The summed E-state index contributed by atoms with van der Waals surface area (Å²) in [7, 11) is -1.90. The molecular formula is C28H24ClN5O5S. The Balaban J connectivity index is 1.41. The summed E-state index contributed by atoms with van der Waals surface area (Å²) < 4.78 is 31.5. The minimum atomic E-state index is -3.76. The fourth-order valence-electron chi connectivity index (χ4n) is 4.45. The van der Waals surface area contributed by atoms with Gasteiger partial charge in [-0.15, -0.1) is 0 Å². The molecule has 1 amide bonds. The highest BCUT2D eigenvalue weighted by Gasteiger charge is 2.21. The molecule has 3 heterocycles. The number of carbonyl (C=O) groups excluding carboxylic acids is 1. The SMILES string of the molecule is Cn1cc(-c2ccc(NC(=O)c3cccn([C@@H](COS(C)(=O)=O)c4ccccc4)c3=O)cc2)c2c(Cl)ncnc21. The second kappa shape index (κ2) is 11.0. The van der Waals surface area contributed by atoms with Crippen LogP contribution in [0, 0.1) is 0 Å². The molecule has 0 saturated heterocycles. The molecule has 0 bridgehead atoms. The number of fused-ring (bicyclic) bond motifs is 1. The summed E-state index contributed by atoms with van der Waals surface area (Å²) in [6.07, 6.45) is 5.75. The van der Waals surface area contributed by atoms with Gasteiger partial charge in [0.05, 0.1) is 24.3 Å². The number of rotatable bonds is 8. The third-order valence-corrected chi connectivity index (χ3v) is 7.19. The van der Waals surface area contributed by atoms with E-state index in [1.807, 2.05) is 29.9 Å². The van der Waals surface area contributed by atoms with Crippen LogP contribution in [0.5, 0.6) is 0 Å². The van der Waals surface area contributed by atoms with Crippen LogP contribution in [0.4, 0.5) is 5.69 Å². The highest BCUT2D eigenvalue weighted by molar-refractivity contribution is 7.85. The van der Waals surface area contributed by atoms with Crippen LogP contribution >= 0.6 is 11.6 Å². The number of nitrogens with one attached hydrogen (secondary N) is 1. The smallest absolute Gasteiger partial charge is 0.264 e.